The van der Waals surface area contributed by atoms with Crippen LogP contribution in [0, 0.1) is 5.92 Å². The van der Waals surface area contributed by atoms with Crippen molar-refractivity contribution >= 4 is 0 Å². The van der Waals surface area contributed by atoms with Crippen LogP contribution in [0.5, 0.6) is 0 Å². The van der Waals surface area contributed by atoms with Crippen LogP contribution in [0.15, 0.2) is 0 Å². The number of piperidine rings is 1. The van der Waals surface area contributed by atoms with Crippen LogP contribution in [-0.2, 0) is 4.74 Å². The highest BCUT2D eigenvalue weighted by molar-refractivity contribution is 4.77. The summed E-state index contributed by atoms with van der Waals surface area (Å²) in [5, 5.41) is 3.50. The molecule has 3 nitrogen and oxygen atoms in total. The van der Waals surface area contributed by atoms with Gasteiger partial charge in [0, 0.05) is 12.6 Å². The minimum Gasteiger partial charge on any atom is -0.376 e. The van der Waals surface area contributed by atoms with Gasteiger partial charge in [-0.15, -0.1) is 0 Å². The minimum absolute atomic E-state index is 0.417. The monoisotopic (exact) mass is 226 g/mol. The Bertz CT molecular complexity index is 204. The molecular formula is C13H26N2O. The van der Waals surface area contributed by atoms with E-state index in [0.29, 0.717) is 12.1 Å². The molecular weight excluding hydrogens is 200 g/mol. The molecule has 3 unspecified atom stereocenters. The van der Waals surface area contributed by atoms with E-state index in [1.807, 2.05) is 0 Å². The SMILES string of the molecule is CC1CN(CCC2CCCNC2)C(C)CO1. The molecule has 2 aliphatic heterocycles. The van der Waals surface area contributed by atoms with Gasteiger partial charge in [0.25, 0.3) is 0 Å². The molecule has 16 heavy (non-hydrogen) atoms. The van der Waals surface area contributed by atoms with Crippen molar-refractivity contribution in [2.75, 3.05) is 32.8 Å². The van der Waals surface area contributed by atoms with Gasteiger partial charge >= 0.3 is 0 Å². The largest absolute Gasteiger partial charge is 0.376 e. The van der Waals surface area contributed by atoms with Gasteiger partial charge in [-0.25, -0.2) is 0 Å². The lowest BCUT2D eigenvalue weighted by molar-refractivity contribution is -0.0509. The summed E-state index contributed by atoms with van der Waals surface area (Å²) in [6.45, 7) is 10.2. The zero-order chi connectivity index (χ0) is 11.4. The number of morpholine rings is 1. The first-order valence-corrected chi connectivity index (χ1v) is 6.82. The molecule has 0 radical (unpaired) electrons. The lowest BCUT2D eigenvalue weighted by Crippen LogP contribution is -2.48. The van der Waals surface area contributed by atoms with Gasteiger partial charge in [0.2, 0.25) is 0 Å². The Hall–Kier alpha value is -0.120. The summed E-state index contributed by atoms with van der Waals surface area (Å²) >= 11 is 0. The first-order valence-electron chi connectivity index (χ1n) is 6.82. The fraction of sp³-hybridized carbons (Fsp3) is 1.00. The Kier molecular flexibility index (Phi) is 4.62. The van der Waals surface area contributed by atoms with Gasteiger partial charge in [0.05, 0.1) is 12.7 Å². The summed E-state index contributed by atoms with van der Waals surface area (Å²) in [7, 11) is 0. The molecule has 0 bridgehead atoms. The van der Waals surface area contributed by atoms with Crippen molar-refractivity contribution in [1.82, 2.24) is 10.2 Å². The lowest BCUT2D eigenvalue weighted by Gasteiger charge is -2.37. The van der Waals surface area contributed by atoms with Crippen molar-refractivity contribution in [2.45, 2.75) is 45.3 Å². The van der Waals surface area contributed by atoms with Crippen molar-refractivity contribution in [3.8, 4) is 0 Å². The number of hydrogen-bond donors (Lipinski definition) is 1. The molecule has 2 saturated heterocycles. The van der Waals surface area contributed by atoms with E-state index in [9.17, 15) is 0 Å². The second kappa shape index (κ2) is 5.99. The smallest absolute Gasteiger partial charge is 0.0674 e. The standard InChI is InChI=1S/C13H26N2O/c1-11-10-16-12(2)9-15(11)7-5-13-4-3-6-14-8-13/h11-14H,3-10H2,1-2H3. The van der Waals surface area contributed by atoms with Crippen LogP contribution in [0.2, 0.25) is 0 Å². The topological polar surface area (TPSA) is 24.5 Å². The quantitative estimate of drug-likeness (QED) is 0.789. The number of ether oxygens (including phenoxy) is 1. The van der Waals surface area contributed by atoms with E-state index < -0.39 is 0 Å². The molecule has 0 aromatic rings. The zero-order valence-electron chi connectivity index (χ0n) is 10.7. The second-order valence-corrected chi connectivity index (χ2v) is 5.49. The molecule has 2 aliphatic rings. The third-order valence-electron chi connectivity index (χ3n) is 3.96. The third kappa shape index (κ3) is 3.44. The van der Waals surface area contributed by atoms with Crippen molar-refractivity contribution in [3.63, 3.8) is 0 Å². The Labute approximate surface area is 99.5 Å². The fourth-order valence-electron chi connectivity index (χ4n) is 2.80. The normalized spacial score (nSPS) is 37.5. The Balaban J connectivity index is 1.71. The summed E-state index contributed by atoms with van der Waals surface area (Å²) in [6.07, 6.45) is 4.55. The van der Waals surface area contributed by atoms with Crippen LogP contribution in [0.25, 0.3) is 0 Å². The summed E-state index contributed by atoms with van der Waals surface area (Å²) in [4.78, 5) is 2.60. The van der Waals surface area contributed by atoms with Crippen molar-refractivity contribution in [2.24, 2.45) is 5.92 Å². The molecule has 94 valence electrons. The van der Waals surface area contributed by atoms with E-state index >= 15 is 0 Å². The molecule has 2 rings (SSSR count). The number of nitrogens with one attached hydrogen (secondary N) is 1. The molecule has 0 amide bonds. The highest BCUT2D eigenvalue weighted by atomic mass is 16.5. The first kappa shape index (κ1) is 12.3. The molecule has 3 heteroatoms. The van der Waals surface area contributed by atoms with Gasteiger partial charge in [0.15, 0.2) is 0 Å². The third-order valence-corrected chi connectivity index (χ3v) is 3.96. The van der Waals surface area contributed by atoms with E-state index in [4.69, 9.17) is 4.74 Å². The Morgan fingerprint density at radius 1 is 1.38 bits per heavy atom. The lowest BCUT2D eigenvalue weighted by atomic mass is 9.95. The van der Waals surface area contributed by atoms with E-state index in [1.165, 1.54) is 38.9 Å². The van der Waals surface area contributed by atoms with Crippen molar-refractivity contribution < 1.29 is 4.74 Å². The van der Waals surface area contributed by atoms with Gasteiger partial charge in [-0.05, 0) is 58.7 Å². The molecule has 0 aliphatic carbocycles. The van der Waals surface area contributed by atoms with Gasteiger partial charge in [0.1, 0.15) is 0 Å². The molecule has 0 aromatic carbocycles. The maximum atomic E-state index is 5.66. The van der Waals surface area contributed by atoms with Crippen LogP contribution in [0.1, 0.15) is 33.1 Å². The van der Waals surface area contributed by atoms with E-state index in [2.05, 4.69) is 24.1 Å². The average Bonchev–Trinajstić information content (AvgIpc) is 2.32. The van der Waals surface area contributed by atoms with Crippen LogP contribution in [0.3, 0.4) is 0 Å². The summed E-state index contributed by atoms with van der Waals surface area (Å²) in [5.41, 5.74) is 0. The molecule has 2 fully saturated rings. The van der Waals surface area contributed by atoms with Crippen LogP contribution in [-0.4, -0.2) is 49.8 Å². The molecule has 2 heterocycles. The predicted molar refractivity (Wildman–Crippen MR) is 66.7 cm³/mol. The summed E-state index contributed by atoms with van der Waals surface area (Å²) in [5.74, 6) is 0.902. The molecule has 0 aromatic heterocycles. The van der Waals surface area contributed by atoms with E-state index in [0.717, 1.165) is 19.1 Å². The first-order chi connectivity index (χ1) is 7.75. The highest BCUT2D eigenvalue weighted by Crippen LogP contribution is 2.17. The Morgan fingerprint density at radius 3 is 3.00 bits per heavy atom. The van der Waals surface area contributed by atoms with Crippen molar-refractivity contribution in [3.05, 3.63) is 0 Å². The van der Waals surface area contributed by atoms with Gasteiger partial charge < -0.3 is 10.1 Å². The van der Waals surface area contributed by atoms with Gasteiger partial charge in [-0.1, -0.05) is 0 Å². The highest BCUT2D eigenvalue weighted by Gasteiger charge is 2.24. The summed E-state index contributed by atoms with van der Waals surface area (Å²) < 4.78 is 5.66. The number of hydrogen-bond acceptors (Lipinski definition) is 3. The zero-order valence-corrected chi connectivity index (χ0v) is 10.7. The molecule has 1 N–H and O–H groups in total. The average molecular weight is 226 g/mol. The summed E-state index contributed by atoms with van der Waals surface area (Å²) in [6, 6.07) is 0.604. The van der Waals surface area contributed by atoms with E-state index in [1.54, 1.807) is 0 Å². The maximum absolute atomic E-state index is 5.66. The van der Waals surface area contributed by atoms with Crippen LogP contribution >= 0.6 is 0 Å². The van der Waals surface area contributed by atoms with Gasteiger partial charge in [-0.3, -0.25) is 4.90 Å². The fourth-order valence-corrected chi connectivity index (χ4v) is 2.80. The maximum Gasteiger partial charge on any atom is 0.0674 e. The van der Waals surface area contributed by atoms with Crippen molar-refractivity contribution in [1.29, 1.82) is 0 Å². The van der Waals surface area contributed by atoms with E-state index in [-0.39, 0.29) is 0 Å². The Morgan fingerprint density at radius 2 is 2.25 bits per heavy atom. The minimum atomic E-state index is 0.417. The molecule has 0 spiro atoms. The van der Waals surface area contributed by atoms with Crippen LogP contribution in [0.4, 0.5) is 0 Å². The predicted octanol–water partition coefficient (Wildman–Crippen LogP) is 1.49. The number of rotatable bonds is 3. The number of nitrogens with zero attached hydrogens (tertiary/aromatic N) is 1. The molecule has 3 atom stereocenters. The van der Waals surface area contributed by atoms with Gasteiger partial charge in [-0.2, -0.15) is 0 Å². The van der Waals surface area contributed by atoms with Crippen LogP contribution < -0.4 is 5.32 Å². The molecule has 0 saturated carbocycles. The second-order valence-electron chi connectivity index (χ2n) is 5.49.